The lowest BCUT2D eigenvalue weighted by Crippen LogP contribution is -2.45. The van der Waals surface area contributed by atoms with Gasteiger partial charge in [0.1, 0.15) is 6.04 Å². The van der Waals surface area contributed by atoms with Gasteiger partial charge in [0.2, 0.25) is 5.91 Å². The Hall–Kier alpha value is -3.45. The number of nitrogens with one attached hydrogen (secondary N) is 1. The molecule has 0 spiro atoms. The van der Waals surface area contributed by atoms with Crippen LogP contribution in [0.3, 0.4) is 0 Å². The molecule has 2 heterocycles. The van der Waals surface area contributed by atoms with E-state index in [4.69, 9.17) is 4.42 Å². The molecule has 0 saturated carbocycles. The summed E-state index contributed by atoms with van der Waals surface area (Å²) in [5, 5.41) is 13.1. The van der Waals surface area contributed by atoms with E-state index in [1.807, 2.05) is 42.5 Å². The Kier molecular flexibility index (Phi) is 6.37. The van der Waals surface area contributed by atoms with Gasteiger partial charge in [-0.1, -0.05) is 50.2 Å². The number of aliphatic hydroxyl groups is 1. The summed E-state index contributed by atoms with van der Waals surface area (Å²) >= 11 is 0. The molecule has 4 rings (SSSR count). The summed E-state index contributed by atoms with van der Waals surface area (Å²) in [4.78, 5) is 31.4. The molecule has 2 aromatic carbocycles. The maximum Gasteiger partial charge on any atom is 0.254 e. The van der Waals surface area contributed by atoms with Crippen LogP contribution in [0.5, 0.6) is 0 Å². The number of carbonyl (C=O) groups excluding carboxylic acids is 2. The third-order valence-electron chi connectivity index (χ3n) is 5.78. The molecular weight excluding hydrogens is 406 g/mol. The Morgan fingerprint density at radius 1 is 1.22 bits per heavy atom. The van der Waals surface area contributed by atoms with Gasteiger partial charge >= 0.3 is 0 Å². The van der Waals surface area contributed by atoms with Crippen LogP contribution in [0.2, 0.25) is 0 Å². The van der Waals surface area contributed by atoms with Crippen LogP contribution in [0.1, 0.15) is 47.7 Å². The van der Waals surface area contributed by atoms with Crippen molar-refractivity contribution in [3.63, 3.8) is 0 Å². The number of carbonyl (C=O) groups is 2. The van der Waals surface area contributed by atoms with Crippen LogP contribution in [-0.4, -0.2) is 45.5 Å². The Bertz CT molecular complexity index is 1080. The number of hydrogen-bond acceptors (Lipinski definition) is 5. The molecule has 7 nitrogen and oxygen atoms in total. The smallest absolute Gasteiger partial charge is 0.254 e. The highest BCUT2D eigenvalue weighted by atomic mass is 16.3. The number of oxazole rings is 1. The van der Waals surface area contributed by atoms with Gasteiger partial charge < -0.3 is 19.7 Å². The predicted molar refractivity (Wildman–Crippen MR) is 120 cm³/mol. The topological polar surface area (TPSA) is 95.7 Å². The Balaban J connectivity index is 1.42. The van der Waals surface area contributed by atoms with Crippen molar-refractivity contribution in [1.82, 2.24) is 15.2 Å². The highest BCUT2D eigenvalue weighted by Crippen LogP contribution is 2.23. The fourth-order valence-electron chi connectivity index (χ4n) is 3.94. The second kappa shape index (κ2) is 9.36. The highest BCUT2D eigenvalue weighted by Gasteiger charge is 2.39. The maximum absolute atomic E-state index is 13.1. The molecule has 1 saturated heterocycles. The van der Waals surface area contributed by atoms with E-state index < -0.39 is 12.1 Å². The lowest BCUT2D eigenvalue weighted by molar-refractivity contribution is -0.125. The van der Waals surface area contributed by atoms with Crippen molar-refractivity contribution in [2.75, 3.05) is 6.54 Å². The molecule has 3 aromatic rings. The monoisotopic (exact) mass is 433 g/mol. The van der Waals surface area contributed by atoms with Crippen LogP contribution in [0.4, 0.5) is 0 Å². The number of aromatic nitrogens is 1. The van der Waals surface area contributed by atoms with Gasteiger partial charge in [0.25, 0.3) is 5.91 Å². The van der Waals surface area contributed by atoms with Gasteiger partial charge in [-0.3, -0.25) is 9.59 Å². The van der Waals surface area contributed by atoms with E-state index in [2.05, 4.69) is 24.1 Å². The van der Waals surface area contributed by atoms with Crippen LogP contribution in [0, 0.1) is 0 Å². The number of rotatable bonds is 6. The molecule has 166 valence electrons. The average molecular weight is 434 g/mol. The lowest BCUT2D eigenvalue weighted by Gasteiger charge is -2.24. The summed E-state index contributed by atoms with van der Waals surface area (Å²) in [6, 6.07) is 14.4. The number of aliphatic hydroxyl groups excluding tert-OH is 1. The fraction of sp³-hybridized carbons (Fsp3) is 0.320. The first-order valence-electron chi connectivity index (χ1n) is 10.8. The van der Waals surface area contributed by atoms with Crippen molar-refractivity contribution < 1.29 is 19.1 Å². The van der Waals surface area contributed by atoms with Crippen molar-refractivity contribution in [1.29, 1.82) is 0 Å². The molecule has 7 heteroatoms. The molecule has 1 fully saturated rings. The van der Waals surface area contributed by atoms with Gasteiger partial charge in [0, 0.05) is 30.6 Å². The van der Waals surface area contributed by atoms with Crippen molar-refractivity contribution in [3.05, 3.63) is 77.8 Å². The van der Waals surface area contributed by atoms with Crippen molar-refractivity contribution >= 4 is 11.8 Å². The van der Waals surface area contributed by atoms with Crippen LogP contribution >= 0.6 is 0 Å². The van der Waals surface area contributed by atoms with Crippen LogP contribution in [0.15, 0.2) is 65.5 Å². The third kappa shape index (κ3) is 4.73. The molecule has 0 radical (unpaired) electrons. The normalized spacial score (nSPS) is 18.2. The van der Waals surface area contributed by atoms with Crippen molar-refractivity contribution in [2.45, 2.75) is 44.9 Å². The van der Waals surface area contributed by atoms with E-state index in [1.54, 1.807) is 12.3 Å². The van der Waals surface area contributed by atoms with E-state index in [0.717, 1.165) is 16.7 Å². The highest BCUT2D eigenvalue weighted by molar-refractivity contribution is 5.98. The molecule has 2 amide bonds. The number of likely N-dealkylation sites (tertiary alicyclic amines) is 1. The molecule has 0 aliphatic carbocycles. The number of hydrogen-bond donors (Lipinski definition) is 2. The summed E-state index contributed by atoms with van der Waals surface area (Å²) < 4.78 is 5.28. The standard InChI is InChI=1S/C25H27N3O4/c1-16(2)19-4-3-5-20(10-19)25(31)28-14-21(29)11-22(28)24(30)27-12-17-6-8-18(9-7-17)23-13-26-15-32-23/h3-10,13,15-16,21-22,29H,11-12,14H2,1-2H3,(H,27,30)/t21-,22+/m1/s1. The lowest BCUT2D eigenvalue weighted by atomic mass is 10.0. The summed E-state index contributed by atoms with van der Waals surface area (Å²) in [5.41, 5.74) is 3.41. The molecule has 0 bridgehead atoms. The summed E-state index contributed by atoms with van der Waals surface area (Å²) in [6.45, 7) is 4.61. The molecular formula is C25H27N3O4. The molecule has 1 aliphatic heterocycles. The SMILES string of the molecule is CC(C)c1cccc(C(=O)N2C[C@H](O)C[C@H]2C(=O)NCc2ccc(-c3cnco3)cc2)c1. The van der Waals surface area contributed by atoms with Gasteiger partial charge in [-0.05, 0) is 29.2 Å². The molecule has 32 heavy (non-hydrogen) atoms. The second-order valence-corrected chi connectivity index (χ2v) is 8.42. The third-order valence-corrected chi connectivity index (χ3v) is 5.78. The summed E-state index contributed by atoms with van der Waals surface area (Å²) in [6.07, 6.45) is 2.53. The van der Waals surface area contributed by atoms with Gasteiger partial charge in [-0.25, -0.2) is 4.98 Å². The minimum absolute atomic E-state index is 0.148. The van der Waals surface area contributed by atoms with Crippen LogP contribution < -0.4 is 5.32 Å². The minimum atomic E-state index is -0.718. The van der Waals surface area contributed by atoms with Crippen LogP contribution in [0.25, 0.3) is 11.3 Å². The minimum Gasteiger partial charge on any atom is -0.444 e. The summed E-state index contributed by atoms with van der Waals surface area (Å²) in [7, 11) is 0. The Labute approximate surface area is 187 Å². The fourth-order valence-corrected chi connectivity index (χ4v) is 3.94. The molecule has 2 N–H and O–H groups in total. The zero-order valence-corrected chi connectivity index (χ0v) is 18.2. The van der Waals surface area contributed by atoms with Gasteiger partial charge in [-0.2, -0.15) is 0 Å². The van der Waals surface area contributed by atoms with Crippen molar-refractivity contribution in [3.8, 4) is 11.3 Å². The molecule has 1 aliphatic rings. The largest absolute Gasteiger partial charge is 0.444 e. The van der Waals surface area contributed by atoms with E-state index in [-0.39, 0.29) is 24.8 Å². The number of amides is 2. The van der Waals surface area contributed by atoms with Gasteiger partial charge in [-0.15, -0.1) is 0 Å². The molecule has 0 unspecified atom stereocenters. The van der Waals surface area contributed by atoms with E-state index in [0.29, 0.717) is 23.8 Å². The molecule has 2 atom stereocenters. The number of benzene rings is 2. The number of β-amino-alcohol motifs (C(OH)–C–C–N with tert-alkyl or cyclic N) is 1. The first-order valence-corrected chi connectivity index (χ1v) is 10.8. The van der Waals surface area contributed by atoms with Gasteiger partial charge in [0.15, 0.2) is 12.2 Å². The first kappa shape index (κ1) is 21.8. The van der Waals surface area contributed by atoms with Gasteiger partial charge in [0.05, 0.1) is 12.3 Å². The number of nitrogens with zero attached hydrogens (tertiary/aromatic N) is 2. The maximum atomic E-state index is 13.1. The van der Waals surface area contributed by atoms with E-state index >= 15 is 0 Å². The Morgan fingerprint density at radius 3 is 2.69 bits per heavy atom. The zero-order valence-electron chi connectivity index (χ0n) is 18.2. The zero-order chi connectivity index (χ0) is 22.7. The predicted octanol–water partition coefficient (Wildman–Crippen LogP) is 3.36. The molecule has 1 aromatic heterocycles. The second-order valence-electron chi connectivity index (χ2n) is 8.42. The van der Waals surface area contributed by atoms with Crippen molar-refractivity contribution in [2.24, 2.45) is 0 Å². The van der Waals surface area contributed by atoms with E-state index in [9.17, 15) is 14.7 Å². The summed E-state index contributed by atoms with van der Waals surface area (Å²) in [5.74, 6) is 0.465. The van der Waals surface area contributed by atoms with E-state index in [1.165, 1.54) is 11.3 Å². The quantitative estimate of drug-likeness (QED) is 0.622. The van der Waals surface area contributed by atoms with Crippen LogP contribution in [-0.2, 0) is 11.3 Å². The Morgan fingerprint density at radius 2 is 2.00 bits per heavy atom. The first-order chi connectivity index (χ1) is 15.4. The average Bonchev–Trinajstić information content (AvgIpc) is 3.47.